The molecule has 9 heteroatoms. The minimum atomic E-state index is -3.64. The monoisotopic (exact) mass is 490 g/mol. The summed E-state index contributed by atoms with van der Waals surface area (Å²) in [5.41, 5.74) is 3.08. The van der Waals surface area contributed by atoms with Gasteiger partial charge in [-0.3, -0.25) is 4.98 Å². The van der Waals surface area contributed by atoms with Crippen molar-refractivity contribution in [3.8, 4) is 0 Å². The van der Waals surface area contributed by atoms with Gasteiger partial charge in [-0.1, -0.05) is 18.2 Å². The van der Waals surface area contributed by atoms with Crippen molar-refractivity contribution in [2.24, 2.45) is 5.92 Å². The SMILES string of the molecule is CS(=O)(=O)c1ccc(C(CC2CCOCC2)C2=CCC(c3ccc(C(O)CO)cn3)N2)cc1F. The number of pyridine rings is 1. The fourth-order valence-electron chi connectivity index (χ4n) is 4.72. The molecule has 0 amide bonds. The average Bonchev–Trinajstić information content (AvgIpc) is 3.32. The van der Waals surface area contributed by atoms with Crippen LogP contribution in [0.1, 0.15) is 60.6 Å². The molecule has 1 aromatic carbocycles. The number of hydrogen-bond donors (Lipinski definition) is 3. The zero-order valence-electron chi connectivity index (χ0n) is 19.2. The zero-order chi connectivity index (χ0) is 24.3. The lowest BCUT2D eigenvalue weighted by molar-refractivity contribution is 0.0624. The topological polar surface area (TPSA) is 109 Å². The van der Waals surface area contributed by atoms with Crippen LogP contribution in [-0.4, -0.2) is 49.7 Å². The molecule has 2 aliphatic rings. The molecule has 1 fully saturated rings. The van der Waals surface area contributed by atoms with Crippen molar-refractivity contribution in [1.82, 2.24) is 10.3 Å². The quantitative estimate of drug-likeness (QED) is 0.522. The van der Waals surface area contributed by atoms with E-state index in [0.717, 1.165) is 42.5 Å². The van der Waals surface area contributed by atoms with Crippen LogP contribution in [0.4, 0.5) is 4.39 Å². The van der Waals surface area contributed by atoms with Crippen LogP contribution in [0.2, 0.25) is 0 Å². The van der Waals surface area contributed by atoms with E-state index in [-0.39, 0.29) is 23.5 Å². The number of ether oxygens (including phenoxy) is 1. The Kier molecular flexibility index (Phi) is 7.67. The average molecular weight is 491 g/mol. The standard InChI is InChI=1S/C25H31FN2O5S/c1-34(31,32)25-7-3-17(13-20(25)26)19(12-16-8-10-33-11-9-16)21-5-6-23(28-21)22-4-2-18(14-27-22)24(30)15-29/h2-5,7,13-14,16,19,23-24,28-30H,6,8-12,15H2,1H3. The minimum absolute atomic E-state index is 0.0624. The molecule has 0 spiro atoms. The molecule has 34 heavy (non-hydrogen) atoms. The largest absolute Gasteiger partial charge is 0.393 e. The molecule has 7 nitrogen and oxygen atoms in total. The Morgan fingerprint density at radius 2 is 1.94 bits per heavy atom. The summed E-state index contributed by atoms with van der Waals surface area (Å²) in [6, 6.07) is 7.93. The second-order valence-corrected chi connectivity index (χ2v) is 11.1. The Balaban J connectivity index is 1.56. The molecule has 0 saturated carbocycles. The Morgan fingerprint density at radius 3 is 2.56 bits per heavy atom. The number of aromatic nitrogens is 1. The maximum Gasteiger partial charge on any atom is 0.178 e. The summed E-state index contributed by atoms with van der Waals surface area (Å²) in [5.74, 6) is -0.408. The van der Waals surface area contributed by atoms with Crippen molar-refractivity contribution >= 4 is 9.84 Å². The first kappa shape index (κ1) is 24.8. The lowest BCUT2D eigenvalue weighted by Gasteiger charge is -2.29. The van der Waals surface area contributed by atoms with E-state index in [1.165, 1.54) is 12.1 Å². The van der Waals surface area contributed by atoms with Crippen molar-refractivity contribution < 1.29 is 27.8 Å². The first-order valence-corrected chi connectivity index (χ1v) is 13.4. The van der Waals surface area contributed by atoms with Gasteiger partial charge in [-0.25, -0.2) is 12.8 Å². The molecule has 3 N–H and O–H groups in total. The first-order valence-electron chi connectivity index (χ1n) is 11.5. The summed E-state index contributed by atoms with van der Waals surface area (Å²) >= 11 is 0. The predicted molar refractivity (Wildman–Crippen MR) is 125 cm³/mol. The van der Waals surface area contributed by atoms with Crippen LogP contribution in [0.25, 0.3) is 0 Å². The second-order valence-electron chi connectivity index (χ2n) is 9.11. The van der Waals surface area contributed by atoms with Crippen molar-refractivity contribution in [2.75, 3.05) is 26.1 Å². The number of aliphatic hydroxyl groups is 2. The van der Waals surface area contributed by atoms with Gasteiger partial charge in [0, 0.05) is 42.8 Å². The van der Waals surface area contributed by atoms with Crippen molar-refractivity contribution in [2.45, 2.75) is 48.6 Å². The van der Waals surface area contributed by atoms with Crippen LogP contribution in [0.3, 0.4) is 0 Å². The number of sulfone groups is 1. The summed E-state index contributed by atoms with van der Waals surface area (Å²) in [6.45, 7) is 1.06. The molecular weight excluding hydrogens is 459 g/mol. The molecule has 3 heterocycles. The van der Waals surface area contributed by atoms with E-state index in [0.29, 0.717) is 31.1 Å². The Hall–Kier alpha value is -2.33. The predicted octanol–water partition coefficient (Wildman–Crippen LogP) is 3.17. The third kappa shape index (κ3) is 5.66. The van der Waals surface area contributed by atoms with Gasteiger partial charge in [-0.15, -0.1) is 0 Å². The van der Waals surface area contributed by atoms with E-state index in [1.54, 1.807) is 18.3 Å². The van der Waals surface area contributed by atoms with E-state index in [9.17, 15) is 17.9 Å². The fourth-order valence-corrected chi connectivity index (χ4v) is 5.45. The number of rotatable bonds is 8. The smallest absolute Gasteiger partial charge is 0.178 e. The number of aliphatic hydroxyl groups excluding tert-OH is 2. The number of allylic oxidation sites excluding steroid dienone is 1. The summed E-state index contributed by atoms with van der Waals surface area (Å²) in [7, 11) is -3.64. The number of nitrogens with one attached hydrogen (secondary N) is 1. The van der Waals surface area contributed by atoms with Gasteiger partial charge in [0.2, 0.25) is 0 Å². The summed E-state index contributed by atoms with van der Waals surface area (Å²) in [6.07, 6.45) is 7.11. The van der Waals surface area contributed by atoms with Gasteiger partial charge >= 0.3 is 0 Å². The molecule has 3 unspecified atom stereocenters. The number of benzene rings is 1. The lowest BCUT2D eigenvalue weighted by Crippen LogP contribution is -2.24. The molecule has 0 radical (unpaired) electrons. The highest BCUT2D eigenvalue weighted by Crippen LogP contribution is 2.38. The molecule has 184 valence electrons. The molecule has 0 aliphatic carbocycles. The molecular formula is C25H31FN2O5S. The highest BCUT2D eigenvalue weighted by molar-refractivity contribution is 7.90. The van der Waals surface area contributed by atoms with E-state index < -0.39 is 21.8 Å². The summed E-state index contributed by atoms with van der Waals surface area (Å²) in [4.78, 5) is 4.16. The summed E-state index contributed by atoms with van der Waals surface area (Å²) < 4.78 is 44.0. The van der Waals surface area contributed by atoms with Crippen molar-refractivity contribution in [1.29, 1.82) is 0 Å². The van der Waals surface area contributed by atoms with Crippen LogP contribution in [0.5, 0.6) is 0 Å². The Bertz CT molecular complexity index is 1130. The third-order valence-corrected chi connectivity index (χ3v) is 7.81. The second kappa shape index (κ2) is 10.5. The first-order chi connectivity index (χ1) is 16.3. The number of hydrogen-bond acceptors (Lipinski definition) is 7. The molecule has 1 saturated heterocycles. The van der Waals surface area contributed by atoms with Gasteiger partial charge < -0.3 is 20.3 Å². The lowest BCUT2D eigenvalue weighted by atomic mass is 9.83. The van der Waals surface area contributed by atoms with Crippen LogP contribution in [-0.2, 0) is 14.6 Å². The van der Waals surface area contributed by atoms with Gasteiger partial charge in [0.1, 0.15) is 16.8 Å². The van der Waals surface area contributed by atoms with E-state index in [1.807, 2.05) is 6.07 Å². The molecule has 2 aliphatic heterocycles. The highest BCUT2D eigenvalue weighted by Gasteiger charge is 2.29. The normalized spacial score (nSPS) is 21.1. The van der Waals surface area contributed by atoms with Gasteiger partial charge in [-0.05, 0) is 55.4 Å². The third-order valence-electron chi connectivity index (χ3n) is 6.68. The van der Waals surface area contributed by atoms with Crippen LogP contribution >= 0.6 is 0 Å². The maximum atomic E-state index is 14.8. The minimum Gasteiger partial charge on any atom is -0.393 e. The molecule has 3 atom stereocenters. The van der Waals surface area contributed by atoms with E-state index in [2.05, 4.69) is 16.4 Å². The molecule has 4 rings (SSSR count). The molecule has 1 aromatic heterocycles. The molecule has 2 aromatic rings. The zero-order valence-corrected chi connectivity index (χ0v) is 20.0. The van der Waals surface area contributed by atoms with Crippen molar-refractivity contribution in [3.63, 3.8) is 0 Å². The van der Waals surface area contributed by atoms with E-state index >= 15 is 0 Å². The van der Waals surface area contributed by atoms with Gasteiger partial charge in [0.05, 0.1) is 18.3 Å². The van der Waals surface area contributed by atoms with Crippen LogP contribution in [0.15, 0.2) is 53.2 Å². The maximum absolute atomic E-state index is 14.8. The summed E-state index contributed by atoms with van der Waals surface area (Å²) in [5, 5.41) is 22.4. The Labute approximate surface area is 199 Å². The molecule has 0 bridgehead atoms. The van der Waals surface area contributed by atoms with Crippen LogP contribution in [0, 0.1) is 11.7 Å². The number of nitrogens with zero attached hydrogens (tertiary/aromatic N) is 1. The van der Waals surface area contributed by atoms with Crippen LogP contribution < -0.4 is 5.32 Å². The highest BCUT2D eigenvalue weighted by atomic mass is 32.2. The number of halogens is 1. The van der Waals surface area contributed by atoms with E-state index in [4.69, 9.17) is 9.84 Å². The van der Waals surface area contributed by atoms with Crippen molar-refractivity contribution in [3.05, 3.63) is 70.9 Å². The van der Waals surface area contributed by atoms with Gasteiger partial charge in [0.25, 0.3) is 0 Å². The van der Waals surface area contributed by atoms with Gasteiger partial charge in [-0.2, -0.15) is 0 Å². The fraction of sp³-hybridized carbons (Fsp3) is 0.480. The van der Waals surface area contributed by atoms with Gasteiger partial charge in [0.15, 0.2) is 9.84 Å². The Morgan fingerprint density at radius 1 is 1.21 bits per heavy atom.